The maximum atomic E-state index is 9.75. The van der Waals surface area contributed by atoms with Gasteiger partial charge in [-0.15, -0.1) is 0 Å². The van der Waals surface area contributed by atoms with E-state index in [1.807, 2.05) is 6.92 Å². The van der Waals surface area contributed by atoms with E-state index in [0.717, 1.165) is 0 Å². The molecule has 0 heterocycles. The molecule has 0 amide bonds. The normalized spacial score (nSPS) is 14.4. The zero-order valence-corrected chi connectivity index (χ0v) is 6.97. The van der Waals surface area contributed by atoms with E-state index in [1.165, 1.54) is 0 Å². The summed E-state index contributed by atoms with van der Waals surface area (Å²) in [6.07, 6.45) is 0. The van der Waals surface area contributed by atoms with Gasteiger partial charge in [0.2, 0.25) is 0 Å². The topological polar surface area (TPSA) is 38.3 Å². The lowest BCUT2D eigenvalue weighted by molar-refractivity contribution is -0.138. The molecule has 60 valence electrons. The van der Waals surface area contributed by atoms with Crippen LogP contribution in [0, 0.1) is 5.41 Å². The van der Waals surface area contributed by atoms with Crippen molar-refractivity contribution in [3.8, 4) is 0 Å². The van der Waals surface area contributed by atoms with Crippen LogP contribution in [0.15, 0.2) is 0 Å². The molecular weight excluding hydrogens is 130 g/mol. The van der Waals surface area contributed by atoms with Crippen molar-refractivity contribution in [3.63, 3.8) is 0 Å². The van der Waals surface area contributed by atoms with Crippen LogP contribution in [0.1, 0.15) is 27.7 Å². The summed E-state index contributed by atoms with van der Waals surface area (Å²) in [6, 6.07) is 0.165. The Labute approximate surface area is 61.7 Å². The molecule has 0 saturated carbocycles. The molecule has 10 heavy (non-hydrogen) atoms. The van der Waals surface area contributed by atoms with E-state index in [9.17, 15) is 4.79 Å². The van der Waals surface area contributed by atoms with Gasteiger partial charge in [0.05, 0.1) is 0 Å². The molecule has 0 aromatic carbocycles. The third-order valence-electron chi connectivity index (χ3n) is 1.59. The molecule has 0 fully saturated rings. The maximum absolute atomic E-state index is 9.75. The monoisotopic (exact) mass is 145 g/mol. The summed E-state index contributed by atoms with van der Waals surface area (Å²) in [7, 11) is 0. The Morgan fingerprint density at radius 1 is 1.50 bits per heavy atom. The molecule has 0 saturated heterocycles. The fourth-order valence-corrected chi connectivity index (χ4v) is 0.307. The number of nitrogens with one attached hydrogen (secondary N) is 1. The van der Waals surface area contributed by atoms with Gasteiger partial charge in [-0.3, -0.25) is 4.79 Å². The smallest absolute Gasteiger partial charge is 0.312 e. The number of rotatable bonds is 3. The summed E-state index contributed by atoms with van der Waals surface area (Å²) in [5.41, 5.74) is 2.72. The van der Waals surface area contributed by atoms with Gasteiger partial charge in [0.15, 0.2) is 0 Å². The standard InChI is InChI=1S/C7H15NO2/c1-6(7(2,3)4)8-10-5-9/h5-6,8H,1-4H3. The number of hydrogen-bond donors (Lipinski definition) is 1. The molecule has 0 aliphatic heterocycles. The van der Waals surface area contributed by atoms with Crippen molar-refractivity contribution >= 4 is 6.47 Å². The van der Waals surface area contributed by atoms with Crippen LogP contribution in [0.4, 0.5) is 0 Å². The lowest BCUT2D eigenvalue weighted by atomic mass is 9.89. The van der Waals surface area contributed by atoms with Gasteiger partial charge < -0.3 is 4.84 Å². The fourth-order valence-electron chi connectivity index (χ4n) is 0.307. The van der Waals surface area contributed by atoms with Gasteiger partial charge in [0.25, 0.3) is 0 Å². The Balaban J connectivity index is 3.61. The minimum absolute atomic E-state index is 0.114. The average molecular weight is 145 g/mol. The average Bonchev–Trinajstić information content (AvgIpc) is 1.80. The van der Waals surface area contributed by atoms with E-state index in [1.54, 1.807) is 0 Å². The van der Waals surface area contributed by atoms with Crippen LogP contribution in [0.5, 0.6) is 0 Å². The fraction of sp³-hybridized carbons (Fsp3) is 0.857. The van der Waals surface area contributed by atoms with Crippen LogP contribution in [-0.2, 0) is 9.63 Å². The van der Waals surface area contributed by atoms with Crippen molar-refractivity contribution < 1.29 is 9.63 Å². The predicted octanol–water partition coefficient (Wildman–Crippen LogP) is 1.10. The number of hydroxylamine groups is 1. The Morgan fingerprint density at radius 3 is 2.30 bits per heavy atom. The largest absolute Gasteiger partial charge is 0.373 e. The Hall–Kier alpha value is -0.570. The zero-order valence-electron chi connectivity index (χ0n) is 6.97. The quantitative estimate of drug-likeness (QED) is 0.477. The minimum Gasteiger partial charge on any atom is -0.373 e. The Bertz CT molecular complexity index is 107. The molecule has 0 rings (SSSR count). The molecule has 0 aliphatic rings. The van der Waals surface area contributed by atoms with Crippen molar-refractivity contribution in [2.75, 3.05) is 0 Å². The van der Waals surface area contributed by atoms with Gasteiger partial charge in [-0.1, -0.05) is 20.8 Å². The van der Waals surface area contributed by atoms with Crippen molar-refractivity contribution in [2.24, 2.45) is 5.41 Å². The third-order valence-corrected chi connectivity index (χ3v) is 1.59. The summed E-state index contributed by atoms with van der Waals surface area (Å²) < 4.78 is 0. The second kappa shape index (κ2) is 3.56. The van der Waals surface area contributed by atoms with Gasteiger partial charge in [0.1, 0.15) is 0 Å². The van der Waals surface area contributed by atoms with Crippen LogP contribution in [0.2, 0.25) is 0 Å². The molecule has 3 heteroatoms. The van der Waals surface area contributed by atoms with E-state index in [0.29, 0.717) is 6.47 Å². The molecule has 0 spiro atoms. The third kappa shape index (κ3) is 3.45. The maximum Gasteiger partial charge on any atom is 0.312 e. The summed E-state index contributed by atoms with van der Waals surface area (Å²) in [5.74, 6) is 0. The first-order chi connectivity index (χ1) is 4.48. The van der Waals surface area contributed by atoms with E-state index >= 15 is 0 Å². The highest BCUT2D eigenvalue weighted by molar-refractivity contribution is 5.36. The van der Waals surface area contributed by atoms with E-state index in [-0.39, 0.29) is 11.5 Å². The summed E-state index contributed by atoms with van der Waals surface area (Å²) in [5, 5.41) is 0. The molecule has 0 bridgehead atoms. The first-order valence-corrected chi connectivity index (χ1v) is 3.33. The second-order valence-corrected chi connectivity index (χ2v) is 3.42. The van der Waals surface area contributed by atoms with Crippen molar-refractivity contribution in [1.29, 1.82) is 0 Å². The SMILES string of the molecule is CC(NOC=O)C(C)(C)C. The number of carbonyl (C=O) groups excluding carboxylic acids is 1. The molecule has 0 aromatic heterocycles. The van der Waals surface area contributed by atoms with Gasteiger partial charge in [-0.25, -0.2) is 0 Å². The van der Waals surface area contributed by atoms with Crippen LogP contribution in [0.25, 0.3) is 0 Å². The molecule has 3 nitrogen and oxygen atoms in total. The second-order valence-electron chi connectivity index (χ2n) is 3.42. The molecule has 0 radical (unpaired) electrons. The highest BCUT2D eigenvalue weighted by Crippen LogP contribution is 2.17. The summed E-state index contributed by atoms with van der Waals surface area (Å²) in [4.78, 5) is 14.1. The number of carbonyl (C=O) groups is 1. The minimum atomic E-state index is 0.114. The van der Waals surface area contributed by atoms with E-state index in [4.69, 9.17) is 0 Å². The highest BCUT2D eigenvalue weighted by atomic mass is 16.7. The first-order valence-electron chi connectivity index (χ1n) is 3.33. The van der Waals surface area contributed by atoms with E-state index in [2.05, 4.69) is 31.1 Å². The summed E-state index contributed by atoms with van der Waals surface area (Å²) in [6.45, 7) is 8.56. The van der Waals surface area contributed by atoms with Crippen LogP contribution >= 0.6 is 0 Å². The Kier molecular flexibility index (Phi) is 3.36. The number of hydrogen-bond acceptors (Lipinski definition) is 3. The van der Waals surface area contributed by atoms with Crippen LogP contribution < -0.4 is 5.48 Å². The summed E-state index contributed by atoms with van der Waals surface area (Å²) >= 11 is 0. The van der Waals surface area contributed by atoms with Gasteiger partial charge in [-0.2, -0.15) is 5.48 Å². The molecular formula is C7H15NO2. The molecule has 0 aliphatic carbocycles. The van der Waals surface area contributed by atoms with E-state index < -0.39 is 0 Å². The van der Waals surface area contributed by atoms with Gasteiger partial charge in [0, 0.05) is 6.04 Å². The lowest BCUT2D eigenvalue weighted by Crippen LogP contribution is -2.37. The zero-order chi connectivity index (χ0) is 8.20. The molecule has 1 atom stereocenters. The predicted molar refractivity (Wildman–Crippen MR) is 39.2 cm³/mol. The lowest BCUT2D eigenvalue weighted by Gasteiger charge is -2.26. The Morgan fingerprint density at radius 2 is 2.00 bits per heavy atom. The molecule has 0 aromatic rings. The van der Waals surface area contributed by atoms with Gasteiger partial charge in [-0.05, 0) is 12.3 Å². The first kappa shape index (κ1) is 9.43. The highest BCUT2D eigenvalue weighted by Gasteiger charge is 2.19. The van der Waals surface area contributed by atoms with Crippen LogP contribution in [0.3, 0.4) is 0 Å². The van der Waals surface area contributed by atoms with Crippen molar-refractivity contribution in [3.05, 3.63) is 0 Å². The van der Waals surface area contributed by atoms with Gasteiger partial charge >= 0.3 is 6.47 Å². The van der Waals surface area contributed by atoms with Crippen molar-refractivity contribution in [1.82, 2.24) is 5.48 Å². The molecule has 1 unspecified atom stereocenters. The van der Waals surface area contributed by atoms with Crippen LogP contribution in [-0.4, -0.2) is 12.5 Å². The molecule has 1 N–H and O–H groups in total. The van der Waals surface area contributed by atoms with Crippen molar-refractivity contribution in [2.45, 2.75) is 33.7 Å².